The van der Waals surface area contributed by atoms with Gasteiger partial charge in [0.2, 0.25) is 11.8 Å². The van der Waals surface area contributed by atoms with Gasteiger partial charge < -0.3 is 20.5 Å². The van der Waals surface area contributed by atoms with Crippen molar-refractivity contribution >= 4 is 11.8 Å². The van der Waals surface area contributed by atoms with E-state index in [-0.39, 0.29) is 36.1 Å². The van der Waals surface area contributed by atoms with Crippen LogP contribution in [0.4, 0.5) is 13.2 Å². The number of carbonyl (C=O) groups is 2. The van der Waals surface area contributed by atoms with E-state index in [4.69, 9.17) is 4.74 Å². The molecule has 0 spiro atoms. The summed E-state index contributed by atoms with van der Waals surface area (Å²) in [5, 5.41) is 15.1. The molecule has 3 aromatic rings. The Morgan fingerprint density at radius 1 is 1.16 bits per heavy atom. The second-order valence-corrected chi connectivity index (χ2v) is 8.87. The summed E-state index contributed by atoms with van der Waals surface area (Å²) in [6.45, 7) is 1.44. The average Bonchev–Trinajstić information content (AvgIpc) is 3.64. The number of aromatic nitrogens is 2. The molecule has 1 aliphatic rings. The molecule has 1 aliphatic carbocycles. The monoisotopic (exact) mass is 514 g/mol. The minimum atomic E-state index is -4.68. The molecule has 0 saturated heterocycles. The fourth-order valence-electron chi connectivity index (χ4n) is 3.69. The zero-order chi connectivity index (χ0) is 26.6. The fourth-order valence-corrected chi connectivity index (χ4v) is 3.69. The van der Waals surface area contributed by atoms with E-state index in [1.165, 1.54) is 31.3 Å². The molecular weight excluding hydrogens is 489 g/mol. The van der Waals surface area contributed by atoms with Gasteiger partial charge in [0.1, 0.15) is 17.0 Å². The summed E-state index contributed by atoms with van der Waals surface area (Å²) in [6, 6.07) is 9.83. The molecule has 4 rings (SSSR count). The SMILES string of the molecule is CC(O)c1ccc(Oc2ccc(CNC(=O)C3(NC(=O)Cc4cccnc4)CC3)nc2)c(C(F)(F)F)c1. The number of benzene rings is 1. The second-order valence-electron chi connectivity index (χ2n) is 8.87. The molecule has 2 aromatic heterocycles. The third-order valence-corrected chi connectivity index (χ3v) is 5.90. The van der Waals surface area contributed by atoms with Gasteiger partial charge in [0, 0.05) is 12.4 Å². The third kappa shape index (κ3) is 6.62. The van der Waals surface area contributed by atoms with E-state index in [2.05, 4.69) is 20.6 Å². The van der Waals surface area contributed by atoms with Gasteiger partial charge in [0.25, 0.3) is 0 Å². The van der Waals surface area contributed by atoms with Gasteiger partial charge in [0.15, 0.2) is 0 Å². The average molecular weight is 515 g/mol. The molecule has 11 heteroatoms. The van der Waals surface area contributed by atoms with E-state index in [0.29, 0.717) is 18.5 Å². The maximum atomic E-state index is 13.5. The van der Waals surface area contributed by atoms with Gasteiger partial charge >= 0.3 is 6.18 Å². The zero-order valence-corrected chi connectivity index (χ0v) is 19.9. The molecule has 0 radical (unpaired) electrons. The Morgan fingerprint density at radius 2 is 1.95 bits per heavy atom. The molecule has 1 unspecified atom stereocenters. The lowest BCUT2D eigenvalue weighted by atomic mass is 10.1. The lowest BCUT2D eigenvalue weighted by Crippen LogP contribution is -2.49. The number of aliphatic hydroxyl groups is 1. The smallest absolute Gasteiger partial charge is 0.419 e. The number of nitrogens with one attached hydrogen (secondary N) is 2. The van der Waals surface area contributed by atoms with Crippen LogP contribution in [0.15, 0.2) is 61.1 Å². The highest BCUT2D eigenvalue weighted by molar-refractivity contribution is 5.94. The highest BCUT2D eigenvalue weighted by atomic mass is 19.4. The van der Waals surface area contributed by atoms with Crippen molar-refractivity contribution in [1.29, 1.82) is 0 Å². The minimum absolute atomic E-state index is 0.0657. The van der Waals surface area contributed by atoms with Crippen molar-refractivity contribution in [2.24, 2.45) is 0 Å². The van der Waals surface area contributed by atoms with Crippen molar-refractivity contribution in [2.75, 3.05) is 0 Å². The fraction of sp³-hybridized carbons (Fsp3) is 0.308. The Hall–Kier alpha value is -3.99. The third-order valence-electron chi connectivity index (χ3n) is 5.90. The number of ether oxygens (including phenoxy) is 1. The van der Waals surface area contributed by atoms with E-state index in [0.717, 1.165) is 17.7 Å². The number of halogens is 3. The van der Waals surface area contributed by atoms with Crippen LogP contribution in [0.3, 0.4) is 0 Å². The van der Waals surface area contributed by atoms with Crippen molar-refractivity contribution in [3.8, 4) is 11.5 Å². The lowest BCUT2D eigenvalue weighted by molar-refractivity contribution is -0.138. The van der Waals surface area contributed by atoms with Crippen LogP contribution >= 0.6 is 0 Å². The molecule has 0 aliphatic heterocycles. The van der Waals surface area contributed by atoms with E-state index >= 15 is 0 Å². The summed E-state index contributed by atoms with van der Waals surface area (Å²) in [4.78, 5) is 33.1. The van der Waals surface area contributed by atoms with Crippen LogP contribution in [0.5, 0.6) is 11.5 Å². The Labute approximate surface area is 210 Å². The first kappa shape index (κ1) is 26.1. The predicted molar refractivity (Wildman–Crippen MR) is 126 cm³/mol. The number of carbonyl (C=O) groups excluding carboxylic acids is 2. The van der Waals surface area contributed by atoms with Gasteiger partial charge in [0.05, 0.1) is 36.5 Å². The van der Waals surface area contributed by atoms with Crippen molar-refractivity contribution in [1.82, 2.24) is 20.6 Å². The predicted octanol–water partition coefficient (Wildman–Crippen LogP) is 3.85. The standard InChI is InChI=1S/C26H25F3N4O4/c1-16(34)18-4-7-22(21(12-18)26(27,28)29)37-20-6-5-19(31-15-20)14-32-24(36)25(8-9-25)33-23(35)11-17-3-2-10-30-13-17/h2-7,10,12-13,15-16,34H,8-9,11,14H2,1H3,(H,32,36)(H,33,35). The Morgan fingerprint density at radius 3 is 2.54 bits per heavy atom. The zero-order valence-electron chi connectivity index (χ0n) is 19.9. The van der Waals surface area contributed by atoms with Crippen LogP contribution in [0, 0.1) is 0 Å². The molecule has 0 bridgehead atoms. The molecule has 194 valence electrons. The largest absolute Gasteiger partial charge is 0.455 e. The number of hydrogen-bond donors (Lipinski definition) is 3. The lowest BCUT2D eigenvalue weighted by Gasteiger charge is -2.17. The van der Waals surface area contributed by atoms with Gasteiger partial charge in [-0.1, -0.05) is 12.1 Å². The molecule has 1 atom stereocenters. The normalized spacial score (nSPS) is 14.9. The van der Waals surface area contributed by atoms with Gasteiger partial charge in [-0.15, -0.1) is 0 Å². The number of hydrogen-bond acceptors (Lipinski definition) is 6. The molecule has 37 heavy (non-hydrogen) atoms. The molecule has 2 amide bonds. The number of rotatable bonds is 9. The van der Waals surface area contributed by atoms with Crippen molar-refractivity contribution in [3.05, 3.63) is 83.4 Å². The highest BCUT2D eigenvalue weighted by Gasteiger charge is 2.51. The maximum Gasteiger partial charge on any atom is 0.419 e. The highest BCUT2D eigenvalue weighted by Crippen LogP contribution is 2.39. The maximum absolute atomic E-state index is 13.5. The van der Waals surface area contributed by atoms with Crippen LogP contribution in [0.25, 0.3) is 0 Å². The number of nitrogens with zero attached hydrogens (tertiary/aromatic N) is 2. The summed E-state index contributed by atoms with van der Waals surface area (Å²) >= 11 is 0. The van der Waals surface area contributed by atoms with Crippen molar-refractivity contribution < 1.29 is 32.6 Å². The number of aliphatic hydroxyl groups excluding tert-OH is 1. The molecule has 2 heterocycles. The van der Waals surface area contributed by atoms with Gasteiger partial charge in [-0.05, 0) is 61.2 Å². The summed E-state index contributed by atoms with van der Waals surface area (Å²) in [6.07, 6.45) is -0.122. The van der Waals surface area contributed by atoms with Crippen molar-refractivity contribution in [3.63, 3.8) is 0 Å². The van der Waals surface area contributed by atoms with Crippen LogP contribution in [0.1, 0.15) is 48.3 Å². The number of pyridine rings is 2. The first-order valence-corrected chi connectivity index (χ1v) is 11.6. The van der Waals surface area contributed by atoms with E-state index in [1.807, 2.05) is 0 Å². The van der Waals surface area contributed by atoms with E-state index in [1.54, 1.807) is 24.5 Å². The molecule has 3 N–H and O–H groups in total. The first-order chi connectivity index (χ1) is 17.6. The topological polar surface area (TPSA) is 113 Å². The molecular formula is C26H25F3N4O4. The van der Waals surface area contributed by atoms with Crippen LogP contribution < -0.4 is 15.4 Å². The molecule has 1 aromatic carbocycles. The summed E-state index contributed by atoms with van der Waals surface area (Å²) in [7, 11) is 0. The first-order valence-electron chi connectivity index (χ1n) is 11.6. The van der Waals surface area contributed by atoms with Crippen molar-refractivity contribution in [2.45, 2.75) is 50.6 Å². The van der Waals surface area contributed by atoms with E-state index < -0.39 is 29.1 Å². The number of amides is 2. The quantitative estimate of drug-likeness (QED) is 0.400. The van der Waals surface area contributed by atoms with E-state index in [9.17, 15) is 27.9 Å². The van der Waals surface area contributed by atoms with Crippen LogP contribution in [-0.4, -0.2) is 32.4 Å². The summed E-state index contributed by atoms with van der Waals surface area (Å²) in [5.41, 5.74) is -0.648. The Balaban J connectivity index is 1.33. The number of alkyl halides is 3. The van der Waals surface area contributed by atoms with Crippen LogP contribution in [0.2, 0.25) is 0 Å². The minimum Gasteiger partial charge on any atom is -0.455 e. The Bertz CT molecular complexity index is 1260. The van der Waals surface area contributed by atoms with Gasteiger partial charge in [-0.2, -0.15) is 13.2 Å². The molecule has 1 saturated carbocycles. The molecule has 1 fully saturated rings. The summed E-state index contributed by atoms with van der Waals surface area (Å²) < 4.78 is 45.8. The molecule has 8 nitrogen and oxygen atoms in total. The second kappa shape index (κ2) is 10.6. The Kier molecular flexibility index (Phi) is 7.44. The van der Waals surface area contributed by atoms with Gasteiger partial charge in [-0.25, -0.2) is 0 Å². The summed E-state index contributed by atoms with van der Waals surface area (Å²) in [5.74, 6) is -0.952. The van der Waals surface area contributed by atoms with Gasteiger partial charge in [-0.3, -0.25) is 19.6 Å². The van der Waals surface area contributed by atoms with Crippen LogP contribution in [-0.2, 0) is 28.7 Å².